The number of nitrogens with zero attached hydrogens (tertiary/aromatic N) is 3. The van der Waals surface area contributed by atoms with E-state index in [9.17, 15) is 4.79 Å². The molecule has 1 aromatic heterocycles. The molecule has 0 atom stereocenters. The zero-order valence-corrected chi connectivity index (χ0v) is 13.3. The van der Waals surface area contributed by atoms with Crippen molar-refractivity contribution in [2.45, 2.75) is 57.3 Å². The van der Waals surface area contributed by atoms with Crippen LogP contribution < -0.4 is 5.32 Å². The highest BCUT2D eigenvalue weighted by atomic mass is 32.1. The molecule has 1 aliphatic heterocycles. The van der Waals surface area contributed by atoms with Crippen molar-refractivity contribution in [3.63, 3.8) is 0 Å². The predicted molar refractivity (Wildman–Crippen MR) is 84.7 cm³/mol. The second-order valence-corrected chi connectivity index (χ2v) is 7.17. The van der Waals surface area contributed by atoms with Crippen LogP contribution in [0.5, 0.6) is 0 Å². The standard InChI is InChI=1S/C15H24N4OS/c20-13(11-19-9-5-2-6-10-19)16-15-18-17-14(21-15)12-7-3-1-4-8-12/h12H,1-11H2,(H,16,18,20). The van der Waals surface area contributed by atoms with Gasteiger partial charge in [0.1, 0.15) is 5.01 Å². The van der Waals surface area contributed by atoms with Crippen molar-refractivity contribution in [1.82, 2.24) is 15.1 Å². The number of likely N-dealkylation sites (tertiary alicyclic amines) is 1. The quantitative estimate of drug-likeness (QED) is 0.929. The van der Waals surface area contributed by atoms with Gasteiger partial charge in [0.15, 0.2) is 0 Å². The summed E-state index contributed by atoms with van der Waals surface area (Å²) >= 11 is 1.56. The van der Waals surface area contributed by atoms with Crippen LogP contribution in [0.1, 0.15) is 62.3 Å². The van der Waals surface area contributed by atoms with Gasteiger partial charge in [0.25, 0.3) is 0 Å². The number of hydrogen-bond donors (Lipinski definition) is 1. The molecule has 1 aromatic rings. The Balaban J connectivity index is 1.50. The van der Waals surface area contributed by atoms with Gasteiger partial charge in [-0.2, -0.15) is 0 Å². The minimum absolute atomic E-state index is 0.0447. The normalized spacial score (nSPS) is 21.3. The summed E-state index contributed by atoms with van der Waals surface area (Å²) in [7, 11) is 0. The lowest BCUT2D eigenvalue weighted by Gasteiger charge is -2.25. The molecule has 1 saturated heterocycles. The van der Waals surface area contributed by atoms with Crippen LogP contribution in [-0.4, -0.2) is 40.6 Å². The first-order chi connectivity index (χ1) is 10.3. The summed E-state index contributed by atoms with van der Waals surface area (Å²) in [5.74, 6) is 0.604. The van der Waals surface area contributed by atoms with Crippen molar-refractivity contribution in [1.29, 1.82) is 0 Å². The molecule has 2 fully saturated rings. The lowest BCUT2D eigenvalue weighted by Crippen LogP contribution is -2.36. The second kappa shape index (κ2) is 7.31. The number of carbonyl (C=O) groups is 1. The van der Waals surface area contributed by atoms with E-state index in [4.69, 9.17) is 0 Å². The van der Waals surface area contributed by atoms with E-state index in [1.165, 1.54) is 51.4 Å². The van der Waals surface area contributed by atoms with Crippen LogP contribution in [0, 0.1) is 0 Å². The highest BCUT2D eigenvalue weighted by Gasteiger charge is 2.20. The molecule has 0 aromatic carbocycles. The Hall–Kier alpha value is -1.01. The van der Waals surface area contributed by atoms with E-state index in [1.807, 2.05) is 0 Å². The Morgan fingerprint density at radius 3 is 2.57 bits per heavy atom. The highest BCUT2D eigenvalue weighted by molar-refractivity contribution is 7.15. The number of anilines is 1. The highest BCUT2D eigenvalue weighted by Crippen LogP contribution is 2.35. The zero-order chi connectivity index (χ0) is 14.5. The Kier molecular flexibility index (Phi) is 5.19. The van der Waals surface area contributed by atoms with Gasteiger partial charge < -0.3 is 0 Å². The molecule has 0 unspecified atom stereocenters. The lowest BCUT2D eigenvalue weighted by molar-refractivity contribution is -0.117. The minimum atomic E-state index is 0.0447. The zero-order valence-electron chi connectivity index (χ0n) is 12.5. The van der Waals surface area contributed by atoms with Crippen LogP contribution in [0.15, 0.2) is 0 Å². The molecule has 3 rings (SSSR count). The predicted octanol–water partition coefficient (Wildman–Crippen LogP) is 3.01. The van der Waals surface area contributed by atoms with Crippen LogP contribution in [-0.2, 0) is 4.79 Å². The van der Waals surface area contributed by atoms with Crippen LogP contribution >= 0.6 is 11.3 Å². The lowest BCUT2D eigenvalue weighted by atomic mass is 9.90. The fourth-order valence-corrected chi connectivity index (χ4v) is 4.21. The maximum Gasteiger partial charge on any atom is 0.240 e. The van der Waals surface area contributed by atoms with Gasteiger partial charge >= 0.3 is 0 Å². The number of piperidine rings is 1. The second-order valence-electron chi connectivity index (χ2n) is 6.17. The Morgan fingerprint density at radius 1 is 1.10 bits per heavy atom. The maximum atomic E-state index is 12.1. The van der Waals surface area contributed by atoms with E-state index in [0.29, 0.717) is 17.6 Å². The molecular weight excluding hydrogens is 284 g/mol. The fourth-order valence-electron chi connectivity index (χ4n) is 3.28. The third kappa shape index (κ3) is 4.23. The van der Waals surface area contributed by atoms with E-state index in [-0.39, 0.29) is 5.91 Å². The number of aromatic nitrogens is 2. The SMILES string of the molecule is O=C(CN1CCCCC1)Nc1nnc(C2CCCCC2)s1. The first-order valence-electron chi connectivity index (χ1n) is 8.17. The number of rotatable bonds is 4. The first-order valence-corrected chi connectivity index (χ1v) is 8.98. The molecule has 0 bridgehead atoms. The molecule has 1 aliphatic carbocycles. The van der Waals surface area contributed by atoms with Crippen LogP contribution in [0.4, 0.5) is 5.13 Å². The molecule has 0 spiro atoms. The van der Waals surface area contributed by atoms with Crippen LogP contribution in [0.3, 0.4) is 0 Å². The molecule has 2 aliphatic rings. The third-order valence-electron chi connectivity index (χ3n) is 4.46. The molecule has 5 nitrogen and oxygen atoms in total. The van der Waals surface area contributed by atoms with Crippen LogP contribution in [0.25, 0.3) is 0 Å². The van der Waals surface area contributed by atoms with Gasteiger partial charge in [-0.15, -0.1) is 10.2 Å². The molecule has 21 heavy (non-hydrogen) atoms. The number of hydrogen-bond acceptors (Lipinski definition) is 5. The van der Waals surface area contributed by atoms with Gasteiger partial charge in [-0.05, 0) is 38.8 Å². The number of carbonyl (C=O) groups excluding carboxylic acids is 1. The van der Waals surface area contributed by atoms with Gasteiger partial charge in [0.05, 0.1) is 6.54 Å². The summed E-state index contributed by atoms with van der Waals surface area (Å²) < 4.78 is 0. The molecule has 2 heterocycles. The van der Waals surface area contributed by atoms with Crippen molar-refractivity contribution in [3.05, 3.63) is 5.01 Å². The van der Waals surface area contributed by atoms with Crippen molar-refractivity contribution < 1.29 is 4.79 Å². The first kappa shape index (κ1) is 14.9. The summed E-state index contributed by atoms with van der Waals surface area (Å²) in [4.78, 5) is 14.3. The summed E-state index contributed by atoms with van der Waals surface area (Å²) in [6, 6.07) is 0. The minimum Gasteiger partial charge on any atom is -0.299 e. The largest absolute Gasteiger partial charge is 0.299 e. The van der Waals surface area contributed by atoms with E-state index in [1.54, 1.807) is 11.3 Å². The summed E-state index contributed by atoms with van der Waals surface area (Å²) in [6.07, 6.45) is 10.1. The maximum absolute atomic E-state index is 12.1. The Morgan fingerprint density at radius 2 is 1.81 bits per heavy atom. The van der Waals surface area contributed by atoms with Crippen molar-refractivity contribution in [2.75, 3.05) is 25.0 Å². The molecular formula is C15H24N4OS. The fraction of sp³-hybridized carbons (Fsp3) is 0.800. The summed E-state index contributed by atoms with van der Waals surface area (Å²) in [5.41, 5.74) is 0. The smallest absolute Gasteiger partial charge is 0.240 e. The average molecular weight is 308 g/mol. The Labute approximate surface area is 130 Å². The van der Waals surface area contributed by atoms with Crippen molar-refractivity contribution in [3.8, 4) is 0 Å². The van der Waals surface area contributed by atoms with Crippen molar-refractivity contribution >= 4 is 22.4 Å². The molecule has 1 amide bonds. The van der Waals surface area contributed by atoms with Gasteiger partial charge in [0.2, 0.25) is 11.0 Å². The number of amides is 1. The van der Waals surface area contributed by atoms with Gasteiger partial charge in [-0.25, -0.2) is 0 Å². The van der Waals surface area contributed by atoms with E-state index in [0.717, 1.165) is 18.1 Å². The van der Waals surface area contributed by atoms with Crippen LogP contribution in [0.2, 0.25) is 0 Å². The number of nitrogens with one attached hydrogen (secondary N) is 1. The molecule has 1 N–H and O–H groups in total. The van der Waals surface area contributed by atoms with E-state index < -0.39 is 0 Å². The van der Waals surface area contributed by atoms with Gasteiger partial charge in [-0.3, -0.25) is 15.0 Å². The monoisotopic (exact) mass is 308 g/mol. The summed E-state index contributed by atoms with van der Waals surface area (Å²) in [5, 5.41) is 13.1. The van der Waals surface area contributed by atoms with Gasteiger partial charge in [0, 0.05) is 5.92 Å². The van der Waals surface area contributed by atoms with Crippen molar-refractivity contribution in [2.24, 2.45) is 0 Å². The Bertz CT molecular complexity index is 464. The molecule has 1 saturated carbocycles. The third-order valence-corrected chi connectivity index (χ3v) is 5.46. The molecule has 6 heteroatoms. The molecule has 0 radical (unpaired) electrons. The molecule has 116 valence electrons. The van der Waals surface area contributed by atoms with Gasteiger partial charge in [-0.1, -0.05) is 37.0 Å². The summed E-state index contributed by atoms with van der Waals surface area (Å²) in [6.45, 7) is 2.56. The average Bonchev–Trinajstić information content (AvgIpc) is 2.97. The van der Waals surface area contributed by atoms with E-state index >= 15 is 0 Å². The topological polar surface area (TPSA) is 58.1 Å². The van der Waals surface area contributed by atoms with E-state index in [2.05, 4.69) is 20.4 Å².